The number of sulfone groups is 1. The lowest BCUT2D eigenvalue weighted by molar-refractivity contribution is -0.158. The minimum atomic E-state index is -3.66. The van der Waals surface area contributed by atoms with E-state index in [1.54, 1.807) is 42.5 Å². The summed E-state index contributed by atoms with van der Waals surface area (Å²) in [5, 5.41) is 10.6. The van der Waals surface area contributed by atoms with E-state index in [0.29, 0.717) is 21.6 Å². The van der Waals surface area contributed by atoms with Crippen molar-refractivity contribution in [3.63, 3.8) is 0 Å². The van der Waals surface area contributed by atoms with Gasteiger partial charge in [0.25, 0.3) is 0 Å². The van der Waals surface area contributed by atoms with Crippen molar-refractivity contribution in [1.29, 1.82) is 0 Å². The van der Waals surface area contributed by atoms with E-state index in [1.807, 2.05) is 6.92 Å². The van der Waals surface area contributed by atoms with Crippen LogP contribution < -0.4 is 0 Å². The minimum Gasteiger partial charge on any atom is -0.285 e. The predicted molar refractivity (Wildman–Crippen MR) is 103 cm³/mol. The summed E-state index contributed by atoms with van der Waals surface area (Å²) in [4.78, 5) is 11.0. The van der Waals surface area contributed by atoms with Gasteiger partial charge in [0.2, 0.25) is 6.41 Å². The van der Waals surface area contributed by atoms with E-state index in [2.05, 4.69) is 0 Å². The molecule has 1 aromatic heterocycles. The van der Waals surface area contributed by atoms with Crippen molar-refractivity contribution in [3.05, 3.63) is 70.4 Å². The van der Waals surface area contributed by atoms with Crippen LogP contribution in [-0.4, -0.2) is 30.9 Å². The highest BCUT2D eigenvalue weighted by molar-refractivity contribution is 7.90. The standard InChI is InChI=1S/C19H18FNO4S2/c1-13-2-5-15(6-3-13)17(21(23)12-22)11-27(24,25)10-14-4-7-18-16(8-14)9-19(20)26-18/h2-9,12,17,23H,10-11H2,1H3/t17-/m1/s1. The number of hydrogen-bond acceptors (Lipinski definition) is 5. The second-order valence-electron chi connectivity index (χ2n) is 6.39. The zero-order chi connectivity index (χ0) is 19.6. The summed E-state index contributed by atoms with van der Waals surface area (Å²) < 4.78 is 39.5. The molecular formula is C19H18FNO4S2. The molecule has 0 spiro atoms. The fourth-order valence-corrected chi connectivity index (χ4v) is 5.29. The smallest absolute Gasteiger partial charge is 0.233 e. The normalized spacial score (nSPS) is 12.9. The van der Waals surface area contributed by atoms with Crippen LogP contribution in [-0.2, 0) is 20.4 Å². The molecule has 0 fully saturated rings. The molecule has 0 radical (unpaired) electrons. The average molecular weight is 407 g/mol. The van der Waals surface area contributed by atoms with E-state index in [-0.39, 0.29) is 17.3 Å². The first kappa shape index (κ1) is 19.5. The van der Waals surface area contributed by atoms with Crippen LogP contribution in [0.2, 0.25) is 0 Å². The summed E-state index contributed by atoms with van der Waals surface area (Å²) in [6.07, 6.45) is 0.195. The van der Waals surface area contributed by atoms with Crippen molar-refractivity contribution in [2.45, 2.75) is 18.7 Å². The van der Waals surface area contributed by atoms with Gasteiger partial charge in [-0.15, -0.1) is 11.3 Å². The Bertz CT molecular complexity index is 1060. The Kier molecular flexibility index (Phi) is 5.59. The Morgan fingerprint density at radius 3 is 2.56 bits per heavy atom. The third-order valence-electron chi connectivity index (χ3n) is 4.24. The molecule has 142 valence electrons. The molecule has 0 bridgehead atoms. The highest BCUT2D eigenvalue weighted by Gasteiger charge is 2.26. The number of nitrogens with zero attached hydrogens (tertiary/aromatic N) is 1. The Morgan fingerprint density at radius 2 is 1.89 bits per heavy atom. The zero-order valence-corrected chi connectivity index (χ0v) is 16.1. The molecule has 0 saturated carbocycles. The highest BCUT2D eigenvalue weighted by Crippen LogP contribution is 2.27. The van der Waals surface area contributed by atoms with Gasteiger partial charge in [-0.2, -0.15) is 4.39 Å². The van der Waals surface area contributed by atoms with Crippen molar-refractivity contribution in [2.24, 2.45) is 0 Å². The van der Waals surface area contributed by atoms with E-state index < -0.39 is 21.6 Å². The molecule has 27 heavy (non-hydrogen) atoms. The van der Waals surface area contributed by atoms with Gasteiger partial charge in [0.05, 0.1) is 17.5 Å². The Labute approximate surface area is 160 Å². The minimum absolute atomic E-state index is 0.195. The van der Waals surface area contributed by atoms with Crippen LogP contribution in [0, 0.1) is 12.1 Å². The maximum absolute atomic E-state index is 13.3. The van der Waals surface area contributed by atoms with Gasteiger partial charge in [-0.25, -0.2) is 13.5 Å². The van der Waals surface area contributed by atoms with Gasteiger partial charge >= 0.3 is 0 Å². The van der Waals surface area contributed by atoms with Crippen LogP contribution in [0.4, 0.5) is 4.39 Å². The second kappa shape index (κ2) is 7.75. The van der Waals surface area contributed by atoms with Crippen LogP contribution in [0.25, 0.3) is 10.1 Å². The van der Waals surface area contributed by atoms with Crippen LogP contribution >= 0.6 is 11.3 Å². The van der Waals surface area contributed by atoms with Crippen molar-refractivity contribution >= 4 is 37.7 Å². The third kappa shape index (κ3) is 4.71. The van der Waals surface area contributed by atoms with E-state index in [4.69, 9.17) is 0 Å². The van der Waals surface area contributed by atoms with Gasteiger partial charge in [-0.1, -0.05) is 35.9 Å². The fourth-order valence-electron chi connectivity index (χ4n) is 2.89. The maximum Gasteiger partial charge on any atom is 0.233 e. The lowest BCUT2D eigenvalue weighted by Gasteiger charge is -2.23. The monoisotopic (exact) mass is 407 g/mol. The van der Waals surface area contributed by atoms with Crippen molar-refractivity contribution in [3.8, 4) is 0 Å². The molecule has 0 aliphatic heterocycles. The number of carbonyl (C=O) groups is 1. The number of thiophene rings is 1. The first-order chi connectivity index (χ1) is 12.8. The number of aryl methyl sites for hydroxylation is 1. The van der Waals surface area contributed by atoms with Crippen LogP contribution in [0.3, 0.4) is 0 Å². The third-order valence-corrected chi connectivity index (χ3v) is 6.74. The van der Waals surface area contributed by atoms with Crippen molar-refractivity contribution in [2.75, 3.05) is 5.75 Å². The predicted octanol–water partition coefficient (Wildman–Crippen LogP) is 3.85. The van der Waals surface area contributed by atoms with E-state index in [1.165, 1.54) is 6.07 Å². The molecule has 3 rings (SSSR count). The molecule has 8 heteroatoms. The maximum atomic E-state index is 13.3. The molecule has 1 heterocycles. The van der Waals surface area contributed by atoms with E-state index in [0.717, 1.165) is 21.6 Å². The van der Waals surface area contributed by atoms with Gasteiger partial charge in [0, 0.05) is 4.70 Å². The number of hydroxylamine groups is 2. The van der Waals surface area contributed by atoms with Gasteiger partial charge in [-0.05, 0) is 41.6 Å². The lowest BCUT2D eigenvalue weighted by atomic mass is 10.1. The van der Waals surface area contributed by atoms with Gasteiger partial charge in [-0.3, -0.25) is 10.0 Å². The Hall–Kier alpha value is -2.29. The molecule has 0 saturated heterocycles. The molecule has 5 nitrogen and oxygen atoms in total. The number of rotatable bonds is 7. The molecule has 1 N–H and O–H groups in total. The molecule has 1 amide bonds. The molecular weight excluding hydrogens is 389 g/mol. The molecule has 0 aliphatic carbocycles. The van der Waals surface area contributed by atoms with Gasteiger partial charge < -0.3 is 0 Å². The summed E-state index contributed by atoms with van der Waals surface area (Å²) in [5.74, 6) is -0.698. The van der Waals surface area contributed by atoms with Crippen molar-refractivity contribution < 1.29 is 22.8 Å². The van der Waals surface area contributed by atoms with Crippen LogP contribution in [0.1, 0.15) is 22.7 Å². The van der Waals surface area contributed by atoms with E-state index >= 15 is 0 Å². The summed E-state index contributed by atoms with van der Waals surface area (Å²) in [7, 11) is -3.66. The van der Waals surface area contributed by atoms with Crippen molar-refractivity contribution in [1.82, 2.24) is 5.06 Å². The zero-order valence-electron chi connectivity index (χ0n) is 14.5. The SMILES string of the molecule is Cc1ccc([C@@H](CS(=O)(=O)Cc2ccc3sc(F)cc3c2)N(O)C=O)cc1. The van der Waals surface area contributed by atoms with Crippen LogP contribution in [0.5, 0.6) is 0 Å². The Balaban J connectivity index is 1.84. The Morgan fingerprint density at radius 1 is 1.19 bits per heavy atom. The fraction of sp³-hybridized carbons (Fsp3) is 0.211. The van der Waals surface area contributed by atoms with Gasteiger partial charge in [0.15, 0.2) is 15.0 Å². The molecule has 3 aromatic rings. The molecule has 0 unspecified atom stereocenters. The quantitative estimate of drug-likeness (QED) is 0.367. The highest BCUT2D eigenvalue weighted by atomic mass is 32.2. The average Bonchev–Trinajstić information content (AvgIpc) is 2.99. The van der Waals surface area contributed by atoms with Gasteiger partial charge in [0.1, 0.15) is 0 Å². The summed E-state index contributed by atoms with van der Waals surface area (Å²) >= 11 is 1.00. The largest absolute Gasteiger partial charge is 0.285 e. The summed E-state index contributed by atoms with van der Waals surface area (Å²) in [6.45, 7) is 1.88. The number of halogens is 1. The number of carbonyl (C=O) groups excluding carboxylic acids is 1. The molecule has 2 aromatic carbocycles. The number of amides is 1. The summed E-state index contributed by atoms with van der Waals surface area (Å²) in [5.41, 5.74) is 2.03. The van der Waals surface area contributed by atoms with E-state index in [9.17, 15) is 22.8 Å². The number of benzene rings is 2. The second-order valence-corrected chi connectivity index (χ2v) is 9.53. The number of hydrogen-bond donors (Lipinski definition) is 1. The first-order valence-corrected chi connectivity index (χ1v) is 10.8. The molecule has 0 aliphatic rings. The molecule has 1 atom stereocenters. The first-order valence-electron chi connectivity index (χ1n) is 8.15. The number of fused-ring (bicyclic) bond motifs is 1. The summed E-state index contributed by atoms with van der Waals surface area (Å²) in [6, 6.07) is 12.3. The topological polar surface area (TPSA) is 74.7 Å². The van der Waals surface area contributed by atoms with Crippen LogP contribution in [0.15, 0.2) is 48.5 Å². The lowest BCUT2D eigenvalue weighted by Crippen LogP contribution is -2.30.